The van der Waals surface area contributed by atoms with Crippen LogP contribution >= 0.6 is 11.3 Å². The Bertz CT molecular complexity index is 747. The van der Waals surface area contributed by atoms with Gasteiger partial charge in [-0.15, -0.1) is 11.3 Å². The first-order valence-electron chi connectivity index (χ1n) is 6.53. The van der Waals surface area contributed by atoms with E-state index in [1.54, 1.807) is 39.1 Å². The molecule has 2 aromatic rings. The molecule has 0 radical (unpaired) electrons. The number of anilines is 1. The van der Waals surface area contributed by atoms with E-state index in [-0.39, 0.29) is 10.8 Å². The number of hydrogen-bond acceptors (Lipinski definition) is 7. The highest BCUT2D eigenvalue weighted by Gasteiger charge is 2.24. The fourth-order valence-corrected chi connectivity index (χ4v) is 4.73. The summed E-state index contributed by atoms with van der Waals surface area (Å²) in [5, 5.41) is 14.2. The van der Waals surface area contributed by atoms with Gasteiger partial charge in [-0.05, 0) is 44.7 Å². The molecule has 1 atom stereocenters. The Hall–Kier alpha value is -1.55. The first kappa shape index (κ1) is 16.8. The number of nitrogens with zero attached hydrogens (tertiary/aromatic N) is 2. The van der Waals surface area contributed by atoms with E-state index in [1.165, 1.54) is 11.3 Å². The number of aliphatic hydroxyl groups is 1. The van der Waals surface area contributed by atoms with Crippen molar-refractivity contribution in [2.24, 2.45) is 0 Å². The smallest absolute Gasteiger partial charge is 0.245 e. The molecule has 0 aliphatic rings. The quantitative estimate of drug-likeness (QED) is 0.710. The lowest BCUT2D eigenvalue weighted by atomic mass is 10.3. The van der Waals surface area contributed by atoms with Crippen molar-refractivity contribution in [3.63, 3.8) is 0 Å². The Balaban J connectivity index is 2.16. The lowest BCUT2D eigenvalue weighted by molar-refractivity contribution is 0.191. The number of aliphatic hydroxyl groups excluding tert-OH is 1. The molecular formula is C13H18N4O3S2. The minimum absolute atomic E-state index is 0.159. The van der Waals surface area contributed by atoms with E-state index in [2.05, 4.69) is 20.0 Å². The fraction of sp³-hybridized carbons (Fsp3) is 0.385. The van der Waals surface area contributed by atoms with E-state index in [0.29, 0.717) is 10.4 Å². The third-order valence-corrected chi connectivity index (χ3v) is 5.73. The molecule has 0 aliphatic heterocycles. The summed E-state index contributed by atoms with van der Waals surface area (Å²) in [6, 6.07) is 1.78. The van der Waals surface area contributed by atoms with Crippen LogP contribution in [0, 0.1) is 27.7 Å². The van der Waals surface area contributed by atoms with Crippen LogP contribution in [0.2, 0.25) is 0 Å². The molecule has 3 N–H and O–H groups in total. The third kappa shape index (κ3) is 3.80. The molecule has 1 unspecified atom stereocenters. The summed E-state index contributed by atoms with van der Waals surface area (Å²) < 4.78 is 26.8. The molecule has 120 valence electrons. The van der Waals surface area contributed by atoms with Gasteiger partial charge in [-0.3, -0.25) is 0 Å². The van der Waals surface area contributed by atoms with E-state index < -0.39 is 16.4 Å². The normalized spacial score (nSPS) is 13.1. The highest BCUT2D eigenvalue weighted by Crippen LogP contribution is 2.25. The Labute approximate surface area is 133 Å². The Morgan fingerprint density at radius 1 is 1.18 bits per heavy atom. The van der Waals surface area contributed by atoms with Gasteiger partial charge in [0.05, 0.1) is 4.90 Å². The van der Waals surface area contributed by atoms with Gasteiger partial charge in [-0.2, -0.15) is 4.72 Å². The molecule has 0 fully saturated rings. The summed E-state index contributed by atoms with van der Waals surface area (Å²) >= 11 is 1.35. The van der Waals surface area contributed by atoms with Crippen LogP contribution in [0.5, 0.6) is 0 Å². The third-order valence-electron chi connectivity index (χ3n) is 2.87. The molecule has 9 heteroatoms. The molecule has 0 amide bonds. The van der Waals surface area contributed by atoms with E-state index in [0.717, 1.165) is 11.4 Å². The number of aryl methyl sites for hydroxylation is 4. The average molecular weight is 342 g/mol. The molecule has 2 aromatic heterocycles. The van der Waals surface area contributed by atoms with Crippen molar-refractivity contribution in [3.8, 4) is 0 Å². The number of rotatable bonds is 5. The van der Waals surface area contributed by atoms with Gasteiger partial charge in [0.15, 0.2) is 6.35 Å². The number of aromatic nitrogens is 2. The number of hydrogen-bond donors (Lipinski definition) is 3. The Kier molecular flexibility index (Phi) is 4.81. The zero-order valence-corrected chi connectivity index (χ0v) is 14.3. The average Bonchev–Trinajstić information content (AvgIpc) is 2.66. The molecule has 0 saturated heterocycles. The molecule has 0 aliphatic carbocycles. The van der Waals surface area contributed by atoms with Gasteiger partial charge in [0.1, 0.15) is 0 Å². The largest absolute Gasteiger partial charge is 0.360 e. The van der Waals surface area contributed by atoms with E-state index in [4.69, 9.17) is 0 Å². The van der Waals surface area contributed by atoms with E-state index >= 15 is 0 Å². The van der Waals surface area contributed by atoms with Crippen LogP contribution in [0.1, 0.15) is 21.8 Å². The summed E-state index contributed by atoms with van der Waals surface area (Å²) in [6.07, 6.45) is -1.52. The molecular weight excluding hydrogens is 324 g/mol. The van der Waals surface area contributed by atoms with E-state index in [1.807, 2.05) is 0 Å². The van der Waals surface area contributed by atoms with Gasteiger partial charge >= 0.3 is 0 Å². The first-order valence-corrected chi connectivity index (χ1v) is 8.89. The highest BCUT2D eigenvalue weighted by molar-refractivity contribution is 7.89. The Morgan fingerprint density at radius 2 is 1.77 bits per heavy atom. The van der Waals surface area contributed by atoms with Crippen molar-refractivity contribution >= 4 is 27.3 Å². The lowest BCUT2D eigenvalue weighted by Gasteiger charge is -2.15. The van der Waals surface area contributed by atoms with Crippen LogP contribution in [-0.2, 0) is 10.0 Å². The van der Waals surface area contributed by atoms with Crippen molar-refractivity contribution in [1.29, 1.82) is 0 Å². The molecule has 0 spiro atoms. The van der Waals surface area contributed by atoms with E-state index in [9.17, 15) is 13.5 Å². The van der Waals surface area contributed by atoms with Crippen molar-refractivity contribution in [1.82, 2.24) is 14.7 Å². The second kappa shape index (κ2) is 6.29. The number of sulfonamides is 1. The fourth-order valence-electron chi connectivity index (χ4n) is 2.11. The van der Waals surface area contributed by atoms with Crippen molar-refractivity contribution in [3.05, 3.63) is 33.3 Å². The standard InChI is InChI=1S/C13H18N4O3S2/c1-7-6-21-10(4)11(7)22(19,20)17-13(18)16-12-14-8(2)5-9(3)15-12/h5-6,13,17-18H,1-4H3,(H,14,15,16). The van der Waals surface area contributed by atoms with Crippen LogP contribution < -0.4 is 10.0 Å². The molecule has 0 aromatic carbocycles. The van der Waals surface area contributed by atoms with Crippen molar-refractivity contribution in [2.75, 3.05) is 5.32 Å². The van der Waals surface area contributed by atoms with Crippen LogP contribution in [0.4, 0.5) is 5.95 Å². The highest BCUT2D eigenvalue weighted by atomic mass is 32.2. The minimum Gasteiger partial charge on any atom is -0.360 e. The second-order valence-corrected chi connectivity index (χ2v) is 7.68. The van der Waals surface area contributed by atoms with Crippen LogP contribution in [0.15, 0.2) is 16.3 Å². The molecule has 2 rings (SSSR count). The maximum atomic E-state index is 12.3. The lowest BCUT2D eigenvalue weighted by Crippen LogP contribution is -2.41. The summed E-state index contributed by atoms with van der Waals surface area (Å²) in [5.74, 6) is 0.159. The maximum Gasteiger partial charge on any atom is 0.245 e. The van der Waals surface area contributed by atoms with Gasteiger partial charge in [0, 0.05) is 16.3 Å². The molecule has 0 bridgehead atoms. The zero-order chi connectivity index (χ0) is 16.5. The number of thiophene rings is 1. The van der Waals surface area contributed by atoms with Crippen molar-refractivity contribution in [2.45, 2.75) is 38.9 Å². The van der Waals surface area contributed by atoms with Crippen LogP contribution in [-0.4, -0.2) is 29.8 Å². The summed E-state index contributed by atoms with van der Waals surface area (Å²) in [7, 11) is -3.83. The van der Waals surface area contributed by atoms with Gasteiger partial charge in [-0.1, -0.05) is 0 Å². The predicted molar refractivity (Wildman–Crippen MR) is 85.3 cm³/mol. The van der Waals surface area contributed by atoms with Gasteiger partial charge in [-0.25, -0.2) is 18.4 Å². The zero-order valence-electron chi connectivity index (χ0n) is 12.7. The van der Waals surface area contributed by atoms with Crippen LogP contribution in [0.3, 0.4) is 0 Å². The number of nitrogens with one attached hydrogen (secondary N) is 2. The molecule has 2 heterocycles. The molecule has 22 heavy (non-hydrogen) atoms. The predicted octanol–water partition coefficient (Wildman–Crippen LogP) is 1.44. The maximum absolute atomic E-state index is 12.3. The summed E-state index contributed by atoms with van der Waals surface area (Å²) in [5.41, 5.74) is 2.08. The second-order valence-electron chi connectivity index (χ2n) is 4.95. The first-order chi connectivity index (χ1) is 10.2. The van der Waals surface area contributed by atoms with Gasteiger partial charge in [0.25, 0.3) is 0 Å². The molecule has 0 saturated carbocycles. The molecule has 7 nitrogen and oxygen atoms in total. The summed E-state index contributed by atoms with van der Waals surface area (Å²) in [4.78, 5) is 9.03. The van der Waals surface area contributed by atoms with Gasteiger partial charge < -0.3 is 10.4 Å². The Morgan fingerprint density at radius 3 is 2.27 bits per heavy atom. The van der Waals surface area contributed by atoms with Crippen LogP contribution in [0.25, 0.3) is 0 Å². The van der Waals surface area contributed by atoms with Crippen molar-refractivity contribution < 1.29 is 13.5 Å². The van der Waals surface area contributed by atoms with Gasteiger partial charge in [0.2, 0.25) is 16.0 Å². The minimum atomic E-state index is -3.83. The monoisotopic (exact) mass is 342 g/mol. The topological polar surface area (TPSA) is 104 Å². The summed E-state index contributed by atoms with van der Waals surface area (Å²) in [6.45, 7) is 7.01. The SMILES string of the molecule is Cc1cc(C)nc(NC(O)NS(=O)(=O)c2c(C)csc2C)n1.